The highest BCUT2D eigenvalue weighted by Crippen LogP contribution is 2.11. The van der Waals surface area contributed by atoms with E-state index in [9.17, 15) is 4.79 Å². The molecule has 1 heterocycles. The fourth-order valence-electron chi connectivity index (χ4n) is 1.45. The van der Waals surface area contributed by atoms with E-state index in [-0.39, 0.29) is 11.8 Å². The molecule has 0 aromatic carbocycles. The Balaban J connectivity index is 2.67. The fraction of sp³-hybridized carbons (Fsp3) is 0.636. The van der Waals surface area contributed by atoms with Crippen LogP contribution in [0.1, 0.15) is 26.0 Å². The van der Waals surface area contributed by atoms with Crippen molar-refractivity contribution >= 4 is 11.7 Å². The van der Waals surface area contributed by atoms with Gasteiger partial charge in [-0.3, -0.25) is 9.48 Å². The average molecular weight is 224 g/mol. The molecule has 0 saturated carbocycles. The molecule has 0 saturated heterocycles. The second-order valence-electron chi connectivity index (χ2n) is 4.20. The Hall–Kier alpha value is -1.36. The summed E-state index contributed by atoms with van der Waals surface area (Å²) in [4.78, 5) is 11.8. The first-order valence-corrected chi connectivity index (χ1v) is 5.52. The van der Waals surface area contributed by atoms with E-state index in [4.69, 9.17) is 5.73 Å². The standard InChI is InChI=1S/C11H20N4O/c1-5-7(2)10(12)11(16)13-9-6-8(3)14-15(9)4/h6-7,10H,5,12H2,1-4H3,(H,13,16)/t7?,10-/m0/s1. The average Bonchev–Trinajstić information content (AvgIpc) is 2.55. The van der Waals surface area contributed by atoms with Crippen molar-refractivity contribution in [1.82, 2.24) is 9.78 Å². The summed E-state index contributed by atoms with van der Waals surface area (Å²) < 4.78 is 1.64. The maximum Gasteiger partial charge on any atom is 0.242 e. The van der Waals surface area contributed by atoms with Crippen molar-refractivity contribution in [3.8, 4) is 0 Å². The zero-order valence-electron chi connectivity index (χ0n) is 10.3. The number of amides is 1. The largest absolute Gasteiger partial charge is 0.320 e. The molecular formula is C11H20N4O. The molecule has 0 bridgehead atoms. The van der Waals surface area contributed by atoms with Crippen LogP contribution in [0.2, 0.25) is 0 Å². The van der Waals surface area contributed by atoms with E-state index in [1.54, 1.807) is 11.7 Å². The number of nitrogens with one attached hydrogen (secondary N) is 1. The van der Waals surface area contributed by atoms with Crippen LogP contribution < -0.4 is 11.1 Å². The highest BCUT2D eigenvalue weighted by molar-refractivity contribution is 5.94. The van der Waals surface area contributed by atoms with Crippen LogP contribution in [-0.2, 0) is 11.8 Å². The van der Waals surface area contributed by atoms with Gasteiger partial charge in [-0.05, 0) is 12.8 Å². The number of hydrogen-bond donors (Lipinski definition) is 2. The number of nitrogens with two attached hydrogens (primary N) is 1. The van der Waals surface area contributed by atoms with Crippen molar-refractivity contribution in [2.75, 3.05) is 5.32 Å². The van der Waals surface area contributed by atoms with Gasteiger partial charge in [0.25, 0.3) is 0 Å². The van der Waals surface area contributed by atoms with Gasteiger partial charge in [0.1, 0.15) is 5.82 Å². The lowest BCUT2D eigenvalue weighted by Crippen LogP contribution is -2.40. The third-order valence-corrected chi connectivity index (χ3v) is 2.81. The molecule has 0 fully saturated rings. The Morgan fingerprint density at radius 2 is 2.31 bits per heavy atom. The molecule has 1 unspecified atom stereocenters. The monoisotopic (exact) mass is 224 g/mol. The molecule has 0 aliphatic rings. The van der Waals surface area contributed by atoms with Gasteiger partial charge in [0, 0.05) is 13.1 Å². The number of aromatic nitrogens is 2. The van der Waals surface area contributed by atoms with E-state index < -0.39 is 6.04 Å². The van der Waals surface area contributed by atoms with Crippen LogP contribution in [0.25, 0.3) is 0 Å². The molecule has 0 radical (unpaired) electrons. The number of carbonyl (C=O) groups excluding carboxylic acids is 1. The summed E-state index contributed by atoms with van der Waals surface area (Å²) in [6, 6.07) is 1.35. The Morgan fingerprint density at radius 1 is 1.69 bits per heavy atom. The highest BCUT2D eigenvalue weighted by Gasteiger charge is 2.20. The quantitative estimate of drug-likeness (QED) is 0.802. The second-order valence-corrected chi connectivity index (χ2v) is 4.20. The van der Waals surface area contributed by atoms with Gasteiger partial charge >= 0.3 is 0 Å². The Morgan fingerprint density at radius 3 is 2.75 bits per heavy atom. The van der Waals surface area contributed by atoms with Crippen LogP contribution in [0, 0.1) is 12.8 Å². The van der Waals surface area contributed by atoms with E-state index in [0.29, 0.717) is 5.82 Å². The van der Waals surface area contributed by atoms with E-state index in [0.717, 1.165) is 12.1 Å². The molecular weight excluding hydrogens is 204 g/mol. The molecule has 5 heteroatoms. The van der Waals surface area contributed by atoms with Crippen molar-refractivity contribution in [3.63, 3.8) is 0 Å². The van der Waals surface area contributed by atoms with Gasteiger partial charge in [-0.25, -0.2) is 0 Å². The Kier molecular flexibility index (Phi) is 4.06. The minimum atomic E-state index is -0.472. The van der Waals surface area contributed by atoms with Crippen molar-refractivity contribution in [1.29, 1.82) is 0 Å². The van der Waals surface area contributed by atoms with E-state index in [2.05, 4.69) is 10.4 Å². The first-order chi connectivity index (χ1) is 7.45. The van der Waals surface area contributed by atoms with Gasteiger partial charge in [0.2, 0.25) is 5.91 Å². The normalized spacial score (nSPS) is 14.6. The minimum Gasteiger partial charge on any atom is -0.320 e. The molecule has 5 nitrogen and oxygen atoms in total. The van der Waals surface area contributed by atoms with E-state index in [1.165, 1.54) is 0 Å². The third kappa shape index (κ3) is 2.82. The van der Waals surface area contributed by atoms with Gasteiger partial charge < -0.3 is 11.1 Å². The van der Waals surface area contributed by atoms with Gasteiger partial charge in [-0.2, -0.15) is 5.10 Å². The van der Waals surface area contributed by atoms with Gasteiger partial charge in [-0.15, -0.1) is 0 Å². The van der Waals surface area contributed by atoms with Crippen molar-refractivity contribution < 1.29 is 4.79 Å². The summed E-state index contributed by atoms with van der Waals surface area (Å²) in [5, 5.41) is 6.93. The summed E-state index contributed by atoms with van der Waals surface area (Å²) in [5.74, 6) is 0.702. The molecule has 1 aromatic heterocycles. The molecule has 0 spiro atoms. The maximum absolute atomic E-state index is 11.8. The predicted octanol–water partition coefficient (Wildman–Crippen LogP) is 1.04. The lowest BCUT2D eigenvalue weighted by atomic mass is 9.99. The molecule has 0 aliphatic carbocycles. The van der Waals surface area contributed by atoms with Crippen LogP contribution in [-0.4, -0.2) is 21.7 Å². The Bertz CT molecular complexity index is 372. The van der Waals surface area contributed by atoms with Crippen molar-refractivity contribution in [2.24, 2.45) is 18.7 Å². The SMILES string of the molecule is CCC(C)[C@H](N)C(=O)Nc1cc(C)nn1C. The maximum atomic E-state index is 11.8. The van der Waals surface area contributed by atoms with Crippen molar-refractivity contribution in [3.05, 3.63) is 11.8 Å². The van der Waals surface area contributed by atoms with E-state index in [1.807, 2.05) is 26.8 Å². The van der Waals surface area contributed by atoms with Gasteiger partial charge in [0.15, 0.2) is 0 Å². The zero-order valence-corrected chi connectivity index (χ0v) is 10.3. The first kappa shape index (κ1) is 12.7. The lowest BCUT2D eigenvalue weighted by molar-refractivity contribution is -0.118. The fourth-order valence-corrected chi connectivity index (χ4v) is 1.45. The van der Waals surface area contributed by atoms with Crippen molar-refractivity contribution in [2.45, 2.75) is 33.2 Å². The van der Waals surface area contributed by atoms with Crippen LogP contribution in [0.15, 0.2) is 6.07 Å². The molecule has 0 aliphatic heterocycles. The number of aryl methyl sites for hydroxylation is 2. The van der Waals surface area contributed by atoms with E-state index >= 15 is 0 Å². The predicted molar refractivity (Wildman–Crippen MR) is 64.0 cm³/mol. The second kappa shape index (κ2) is 5.12. The summed E-state index contributed by atoms with van der Waals surface area (Å²) in [6.07, 6.45) is 0.888. The van der Waals surface area contributed by atoms with Crippen LogP contribution in [0.4, 0.5) is 5.82 Å². The summed E-state index contributed by atoms with van der Waals surface area (Å²) in [5.41, 5.74) is 6.70. The minimum absolute atomic E-state index is 0.155. The number of carbonyl (C=O) groups is 1. The molecule has 3 N–H and O–H groups in total. The zero-order chi connectivity index (χ0) is 12.3. The topological polar surface area (TPSA) is 72.9 Å². The molecule has 1 rings (SSSR count). The van der Waals surface area contributed by atoms with Crippen LogP contribution >= 0.6 is 0 Å². The number of nitrogens with zero attached hydrogens (tertiary/aromatic N) is 2. The first-order valence-electron chi connectivity index (χ1n) is 5.52. The molecule has 90 valence electrons. The summed E-state index contributed by atoms with van der Waals surface area (Å²) in [6.45, 7) is 5.87. The molecule has 16 heavy (non-hydrogen) atoms. The third-order valence-electron chi connectivity index (χ3n) is 2.81. The molecule has 1 amide bonds. The van der Waals surface area contributed by atoms with Gasteiger partial charge in [0.05, 0.1) is 11.7 Å². The summed E-state index contributed by atoms with van der Waals surface area (Å²) >= 11 is 0. The Labute approximate surface area is 96.0 Å². The number of hydrogen-bond acceptors (Lipinski definition) is 3. The lowest BCUT2D eigenvalue weighted by Gasteiger charge is -2.17. The molecule has 2 atom stereocenters. The number of anilines is 1. The van der Waals surface area contributed by atoms with Gasteiger partial charge in [-0.1, -0.05) is 20.3 Å². The van der Waals surface area contributed by atoms with Crippen LogP contribution in [0.3, 0.4) is 0 Å². The smallest absolute Gasteiger partial charge is 0.242 e. The highest BCUT2D eigenvalue weighted by atomic mass is 16.2. The number of rotatable bonds is 4. The van der Waals surface area contributed by atoms with Crippen LogP contribution in [0.5, 0.6) is 0 Å². The summed E-state index contributed by atoms with van der Waals surface area (Å²) in [7, 11) is 1.79. The molecule has 1 aromatic rings.